The van der Waals surface area contributed by atoms with Gasteiger partial charge in [0.2, 0.25) is 0 Å². The number of carbonyl (C=O) groups is 1. The van der Waals surface area contributed by atoms with Crippen LogP contribution in [0.4, 0.5) is 0 Å². The lowest BCUT2D eigenvalue weighted by Gasteiger charge is -2.09. The zero-order valence-corrected chi connectivity index (χ0v) is 17.6. The van der Waals surface area contributed by atoms with Crippen LogP contribution in [0.25, 0.3) is 0 Å². The van der Waals surface area contributed by atoms with E-state index in [1.807, 2.05) is 18.2 Å². The molecule has 0 heterocycles. The van der Waals surface area contributed by atoms with Crippen LogP contribution in [0.2, 0.25) is 5.02 Å². The van der Waals surface area contributed by atoms with Crippen molar-refractivity contribution in [3.05, 3.63) is 51.0 Å². The van der Waals surface area contributed by atoms with Crippen LogP contribution in [0.15, 0.2) is 39.9 Å². The van der Waals surface area contributed by atoms with Crippen LogP contribution in [0, 0.1) is 0 Å². The summed E-state index contributed by atoms with van der Waals surface area (Å²) in [6.07, 6.45) is 2.35. The zero-order chi connectivity index (χ0) is 19.8. The SMILES string of the molecule is CCc1ccc(OCC(=O)N/N=C/c2cc(OC)c(OC)cc2Cl)c(Br)c1. The van der Waals surface area contributed by atoms with Gasteiger partial charge in [-0.3, -0.25) is 4.79 Å². The van der Waals surface area contributed by atoms with Gasteiger partial charge in [-0.05, 0) is 46.1 Å². The molecule has 6 nitrogen and oxygen atoms in total. The van der Waals surface area contributed by atoms with E-state index in [1.165, 1.54) is 26.0 Å². The Hall–Kier alpha value is -2.25. The summed E-state index contributed by atoms with van der Waals surface area (Å²) in [5.41, 5.74) is 4.15. The van der Waals surface area contributed by atoms with Gasteiger partial charge in [-0.25, -0.2) is 5.43 Å². The Morgan fingerprint density at radius 2 is 1.89 bits per heavy atom. The van der Waals surface area contributed by atoms with Crippen LogP contribution in [0.5, 0.6) is 17.2 Å². The van der Waals surface area contributed by atoms with Crippen LogP contribution in [-0.2, 0) is 11.2 Å². The number of hydrogen-bond donors (Lipinski definition) is 1. The number of nitrogens with one attached hydrogen (secondary N) is 1. The number of rotatable bonds is 8. The molecule has 1 N–H and O–H groups in total. The van der Waals surface area contributed by atoms with Gasteiger partial charge < -0.3 is 14.2 Å². The van der Waals surface area contributed by atoms with Gasteiger partial charge in [0.05, 0.1) is 29.9 Å². The molecule has 8 heteroatoms. The Morgan fingerprint density at radius 1 is 1.19 bits per heavy atom. The van der Waals surface area contributed by atoms with Gasteiger partial charge in [0, 0.05) is 11.6 Å². The number of aryl methyl sites for hydroxylation is 1. The summed E-state index contributed by atoms with van der Waals surface area (Å²) < 4.78 is 16.7. The molecule has 1 amide bonds. The average Bonchev–Trinajstić information content (AvgIpc) is 2.67. The first-order chi connectivity index (χ1) is 13.0. The van der Waals surface area contributed by atoms with Crippen molar-refractivity contribution < 1.29 is 19.0 Å². The van der Waals surface area contributed by atoms with E-state index in [0.717, 1.165) is 10.9 Å². The molecule has 0 fully saturated rings. The molecule has 0 saturated carbocycles. The van der Waals surface area contributed by atoms with Crippen LogP contribution in [-0.4, -0.2) is 32.9 Å². The topological polar surface area (TPSA) is 69.2 Å². The monoisotopic (exact) mass is 454 g/mol. The van der Waals surface area contributed by atoms with E-state index in [0.29, 0.717) is 27.8 Å². The molecule has 0 radical (unpaired) electrons. The lowest BCUT2D eigenvalue weighted by Crippen LogP contribution is -2.24. The summed E-state index contributed by atoms with van der Waals surface area (Å²) in [4.78, 5) is 11.9. The van der Waals surface area contributed by atoms with Crippen molar-refractivity contribution in [3.63, 3.8) is 0 Å². The van der Waals surface area contributed by atoms with Crippen molar-refractivity contribution in [2.75, 3.05) is 20.8 Å². The van der Waals surface area contributed by atoms with E-state index in [-0.39, 0.29) is 6.61 Å². The Morgan fingerprint density at radius 3 is 2.52 bits per heavy atom. The summed E-state index contributed by atoms with van der Waals surface area (Å²) in [5, 5.41) is 4.32. The van der Waals surface area contributed by atoms with Crippen molar-refractivity contribution in [1.82, 2.24) is 5.43 Å². The average molecular weight is 456 g/mol. The van der Waals surface area contributed by atoms with Gasteiger partial charge in [0.1, 0.15) is 5.75 Å². The van der Waals surface area contributed by atoms with E-state index in [2.05, 4.69) is 33.4 Å². The number of benzene rings is 2. The molecule has 0 saturated heterocycles. The maximum Gasteiger partial charge on any atom is 0.277 e. The van der Waals surface area contributed by atoms with E-state index in [1.54, 1.807) is 12.1 Å². The second-order valence-electron chi connectivity index (χ2n) is 5.43. The number of hydrogen-bond acceptors (Lipinski definition) is 5. The van der Waals surface area contributed by atoms with E-state index in [9.17, 15) is 4.79 Å². The second-order valence-corrected chi connectivity index (χ2v) is 6.69. The minimum atomic E-state index is -0.394. The maximum absolute atomic E-state index is 11.9. The highest BCUT2D eigenvalue weighted by Crippen LogP contribution is 2.32. The van der Waals surface area contributed by atoms with Crippen LogP contribution in [0.3, 0.4) is 0 Å². The number of hydrazone groups is 1. The smallest absolute Gasteiger partial charge is 0.277 e. The largest absolute Gasteiger partial charge is 0.493 e. The van der Waals surface area contributed by atoms with Crippen molar-refractivity contribution in [1.29, 1.82) is 0 Å². The minimum Gasteiger partial charge on any atom is -0.493 e. The first-order valence-corrected chi connectivity index (χ1v) is 9.30. The molecule has 0 aliphatic rings. The third-order valence-electron chi connectivity index (χ3n) is 3.66. The highest BCUT2D eigenvalue weighted by molar-refractivity contribution is 9.10. The third-order valence-corrected chi connectivity index (χ3v) is 4.61. The zero-order valence-electron chi connectivity index (χ0n) is 15.2. The van der Waals surface area contributed by atoms with Gasteiger partial charge in [0.25, 0.3) is 5.91 Å². The van der Waals surface area contributed by atoms with Crippen molar-refractivity contribution in [2.24, 2.45) is 5.10 Å². The Bertz CT molecular complexity index is 843. The Kier molecular flexibility index (Phi) is 7.94. The standard InChI is InChI=1S/C19H20BrClN2O4/c1-4-12-5-6-16(14(20)7-12)27-11-19(24)23-22-10-13-8-17(25-2)18(26-3)9-15(13)21/h5-10H,4,11H2,1-3H3,(H,23,24)/b22-10+. The quantitative estimate of drug-likeness (QED) is 0.478. The summed E-state index contributed by atoms with van der Waals surface area (Å²) in [7, 11) is 3.05. The van der Waals surface area contributed by atoms with Crippen molar-refractivity contribution >= 4 is 39.7 Å². The maximum atomic E-state index is 11.9. The van der Waals surface area contributed by atoms with Crippen LogP contribution >= 0.6 is 27.5 Å². The molecule has 0 aromatic heterocycles. The van der Waals surface area contributed by atoms with E-state index in [4.69, 9.17) is 25.8 Å². The lowest BCUT2D eigenvalue weighted by molar-refractivity contribution is -0.123. The third kappa shape index (κ3) is 5.87. The van der Waals surface area contributed by atoms with Crippen LogP contribution in [0.1, 0.15) is 18.1 Å². The Balaban J connectivity index is 1.93. The minimum absolute atomic E-state index is 0.166. The lowest BCUT2D eigenvalue weighted by atomic mass is 10.2. The number of carbonyl (C=O) groups excluding carboxylic acids is 1. The molecule has 2 aromatic carbocycles. The molecular weight excluding hydrogens is 436 g/mol. The summed E-state index contributed by atoms with van der Waals surface area (Å²) in [5.74, 6) is 1.22. The molecule has 0 spiro atoms. The highest BCUT2D eigenvalue weighted by Gasteiger charge is 2.09. The molecule has 144 valence electrons. The predicted molar refractivity (Wildman–Crippen MR) is 109 cm³/mol. The number of nitrogens with zero attached hydrogens (tertiary/aromatic N) is 1. The van der Waals surface area contributed by atoms with E-state index >= 15 is 0 Å². The number of halogens is 2. The molecule has 0 aliphatic heterocycles. The molecule has 2 aromatic rings. The summed E-state index contributed by atoms with van der Waals surface area (Å²) >= 11 is 9.60. The molecule has 0 bridgehead atoms. The first kappa shape index (κ1) is 21.1. The van der Waals surface area contributed by atoms with Crippen LogP contribution < -0.4 is 19.6 Å². The van der Waals surface area contributed by atoms with Gasteiger partial charge >= 0.3 is 0 Å². The highest BCUT2D eigenvalue weighted by atomic mass is 79.9. The van der Waals surface area contributed by atoms with Crippen molar-refractivity contribution in [2.45, 2.75) is 13.3 Å². The summed E-state index contributed by atoms with van der Waals surface area (Å²) in [6.45, 7) is 1.90. The molecule has 0 unspecified atom stereocenters. The molecule has 0 atom stereocenters. The second kappa shape index (κ2) is 10.2. The fourth-order valence-corrected chi connectivity index (χ4v) is 2.94. The fourth-order valence-electron chi connectivity index (χ4n) is 2.20. The van der Waals surface area contributed by atoms with Gasteiger partial charge in [-0.1, -0.05) is 24.6 Å². The molecule has 2 rings (SSSR count). The van der Waals surface area contributed by atoms with E-state index < -0.39 is 5.91 Å². The molecule has 0 aliphatic carbocycles. The molecular formula is C19H20BrClN2O4. The molecule has 27 heavy (non-hydrogen) atoms. The summed E-state index contributed by atoms with van der Waals surface area (Å²) in [6, 6.07) is 9.02. The fraction of sp³-hybridized carbons (Fsp3) is 0.263. The first-order valence-electron chi connectivity index (χ1n) is 8.13. The van der Waals surface area contributed by atoms with Crippen molar-refractivity contribution in [3.8, 4) is 17.2 Å². The van der Waals surface area contributed by atoms with Gasteiger partial charge in [0.15, 0.2) is 18.1 Å². The van der Waals surface area contributed by atoms with Gasteiger partial charge in [-0.15, -0.1) is 0 Å². The Labute approximate surface area is 171 Å². The normalized spacial score (nSPS) is 10.7. The number of methoxy groups -OCH3 is 2. The predicted octanol–water partition coefficient (Wildman–Crippen LogP) is 4.21. The number of ether oxygens (including phenoxy) is 3. The number of amides is 1. The van der Waals surface area contributed by atoms with Gasteiger partial charge in [-0.2, -0.15) is 5.10 Å².